The Kier molecular flexibility index (Phi) is 5.65. The zero-order valence-corrected chi connectivity index (χ0v) is 16.2. The lowest BCUT2D eigenvalue weighted by molar-refractivity contribution is -0.115. The van der Waals surface area contributed by atoms with E-state index in [4.69, 9.17) is 0 Å². The van der Waals surface area contributed by atoms with E-state index in [1.807, 2.05) is 6.08 Å². The minimum Gasteiger partial charge on any atom is -0.303 e. The summed E-state index contributed by atoms with van der Waals surface area (Å²) < 4.78 is 0. The molecule has 0 bridgehead atoms. The van der Waals surface area contributed by atoms with Gasteiger partial charge in [-0.3, -0.25) is 4.79 Å². The summed E-state index contributed by atoms with van der Waals surface area (Å²) in [6, 6.07) is 0. The van der Waals surface area contributed by atoms with E-state index in [9.17, 15) is 9.59 Å². The van der Waals surface area contributed by atoms with E-state index >= 15 is 0 Å². The summed E-state index contributed by atoms with van der Waals surface area (Å²) >= 11 is 0. The molecule has 0 heterocycles. The molecule has 0 aliphatic heterocycles. The zero-order valence-electron chi connectivity index (χ0n) is 16.2. The molecule has 3 unspecified atom stereocenters. The number of rotatable bonds is 6. The van der Waals surface area contributed by atoms with Gasteiger partial charge >= 0.3 is 0 Å². The Bertz CT molecular complexity index is 573. The number of unbranched alkanes of at least 4 members (excludes halogenated alkanes) is 1. The van der Waals surface area contributed by atoms with Crippen LogP contribution in [-0.2, 0) is 9.59 Å². The predicted octanol–water partition coefficient (Wildman–Crippen LogP) is 5.53. The third-order valence-corrected chi connectivity index (χ3v) is 7.55. The standard InChI is InChI=1S/C23H34O2/c1-4-5-6-19(25)14-17-7-8-20-18(13-17)11-12-23(3)21(16(2)15-24)9-10-22(20)23/h7-8,14-16,18,20-22H,4-6,9-13H2,1-3H3/b17-14-/t16-,18?,20?,21-,22?,23-/m1/s1. The molecule has 138 valence electrons. The van der Waals surface area contributed by atoms with Crippen LogP contribution < -0.4 is 0 Å². The molecule has 0 amide bonds. The summed E-state index contributed by atoms with van der Waals surface area (Å²) in [6.45, 7) is 6.68. The molecule has 2 nitrogen and oxygen atoms in total. The van der Waals surface area contributed by atoms with Crippen molar-refractivity contribution in [2.75, 3.05) is 0 Å². The third-order valence-electron chi connectivity index (χ3n) is 7.55. The van der Waals surface area contributed by atoms with Gasteiger partial charge in [-0.1, -0.05) is 39.3 Å². The van der Waals surface area contributed by atoms with Crippen LogP contribution in [0.15, 0.2) is 23.8 Å². The molecule has 0 saturated heterocycles. The van der Waals surface area contributed by atoms with Crippen LogP contribution in [0.1, 0.15) is 72.1 Å². The highest BCUT2D eigenvalue weighted by Crippen LogP contribution is 2.62. The Morgan fingerprint density at radius 3 is 2.88 bits per heavy atom. The number of aldehydes is 1. The first-order valence-corrected chi connectivity index (χ1v) is 10.4. The summed E-state index contributed by atoms with van der Waals surface area (Å²) in [5, 5.41) is 0. The van der Waals surface area contributed by atoms with Crippen LogP contribution in [0.2, 0.25) is 0 Å². The highest BCUT2D eigenvalue weighted by atomic mass is 16.1. The van der Waals surface area contributed by atoms with E-state index in [1.165, 1.54) is 37.5 Å². The Morgan fingerprint density at radius 2 is 2.16 bits per heavy atom. The Morgan fingerprint density at radius 1 is 1.36 bits per heavy atom. The molecule has 0 aromatic carbocycles. The number of hydrogen-bond acceptors (Lipinski definition) is 2. The van der Waals surface area contributed by atoms with Gasteiger partial charge in [-0.05, 0) is 79.3 Å². The maximum atomic E-state index is 12.1. The van der Waals surface area contributed by atoms with E-state index in [-0.39, 0.29) is 5.92 Å². The van der Waals surface area contributed by atoms with Gasteiger partial charge < -0.3 is 4.79 Å². The van der Waals surface area contributed by atoms with Crippen LogP contribution in [0, 0.1) is 35.0 Å². The second-order valence-corrected chi connectivity index (χ2v) is 9.02. The van der Waals surface area contributed by atoms with Crippen LogP contribution in [0.4, 0.5) is 0 Å². The van der Waals surface area contributed by atoms with Crippen molar-refractivity contribution in [1.82, 2.24) is 0 Å². The Hall–Kier alpha value is -1.18. The maximum absolute atomic E-state index is 12.1. The van der Waals surface area contributed by atoms with Crippen LogP contribution in [0.25, 0.3) is 0 Å². The number of carbonyl (C=O) groups excluding carboxylic acids is 2. The normalized spacial score (nSPS) is 39.7. The van der Waals surface area contributed by atoms with Crippen LogP contribution in [0.5, 0.6) is 0 Å². The summed E-state index contributed by atoms with van der Waals surface area (Å²) in [5.41, 5.74) is 1.56. The van der Waals surface area contributed by atoms with Gasteiger partial charge in [-0.25, -0.2) is 0 Å². The minimum atomic E-state index is 0.186. The summed E-state index contributed by atoms with van der Waals surface area (Å²) in [7, 11) is 0. The molecule has 0 aromatic rings. The van der Waals surface area contributed by atoms with Crippen molar-refractivity contribution in [3.05, 3.63) is 23.8 Å². The van der Waals surface area contributed by atoms with E-state index in [2.05, 4.69) is 32.9 Å². The van der Waals surface area contributed by atoms with E-state index in [0.717, 1.165) is 19.3 Å². The molecular weight excluding hydrogens is 308 g/mol. The fourth-order valence-corrected chi connectivity index (χ4v) is 6.14. The topological polar surface area (TPSA) is 34.1 Å². The van der Waals surface area contributed by atoms with E-state index < -0.39 is 0 Å². The Balaban J connectivity index is 1.73. The average Bonchev–Trinajstić information content (AvgIpc) is 2.96. The largest absolute Gasteiger partial charge is 0.303 e. The highest BCUT2D eigenvalue weighted by molar-refractivity contribution is 5.90. The lowest BCUT2D eigenvalue weighted by atomic mass is 9.55. The van der Waals surface area contributed by atoms with Gasteiger partial charge in [0.05, 0.1) is 0 Å². The summed E-state index contributed by atoms with van der Waals surface area (Å²) in [5.74, 6) is 3.08. The second kappa shape index (κ2) is 7.60. The molecule has 6 atom stereocenters. The maximum Gasteiger partial charge on any atom is 0.155 e. The van der Waals surface area contributed by atoms with Crippen LogP contribution in [-0.4, -0.2) is 12.1 Å². The van der Waals surface area contributed by atoms with Crippen molar-refractivity contribution in [3.63, 3.8) is 0 Å². The molecule has 2 fully saturated rings. The molecule has 0 spiro atoms. The van der Waals surface area contributed by atoms with Gasteiger partial charge in [0.15, 0.2) is 5.78 Å². The monoisotopic (exact) mass is 342 g/mol. The van der Waals surface area contributed by atoms with Gasteiger partial charge in [-0.2, -0.15) is 0 Å². The fraction of sp³-hybridized carbons (Fsp3) is 0.739. The predicted molar refractivity (Wildman–Crippen MR) is 102 cm³/mol. The van der Waals surface area contributed by atoms with Crippen molar-refractivity contribution >= 4 is 12.1 Å². The molecule has 0 N–H and O–H groups in total. The summed E-state index contributed by atoms with van der Waals surface area (Å²) in [6.07, 6.45) is 16.5. The summed E-state index contributed by atoms with van der Waals surface area (Å²) in [4.78, 5) is 23.4. The number of allylic oxidation sites excluding steroid dienone is 4. The molecule has 25 heavy (non-hydrogen) atoms. The smallest absolute Gasteiger partial charge is 0.155 e. The van der Waals surface area contributed by atoms with Crippen molar-refractivity contribution in [2.24, 2.45) is 35.0 Å². The van der Waals surface area contributed by atoms with Gasteiger partial charge in [0, 0.05) is 12.3 Å². The molecule has 0 radical (unpaired) electrons. The van der Waals surface area contributed by atoms with Gasteiger partial charge in [-0.15, -0.1) is 0 Å². The molecule has 2 heteroatoms. The first-order valence-electron chi connectivity index (χ1n) is 10.4. The van der Waals surface area contributed by atoms with Crippen molar-refractivity contribution in [2.45, 2.75) is 72.1 Å². The second-order valence-electron chi connectivity index (χ2n) is 9.02. The number of carbonyl (C=O) groups is 2. The van der Waals surface area contributed by atoms with E-state index in [0.29, 0.717) is 41.3 Å². The van der Waals surface area contributed by atoms with Gasteiger partial charge in [0.1, 0.15) is 6.29 Å². The van der Waals surface area contributed by atoms with Crippen molar-refractivity contribution < 1.29 is 9.59 Å². The Labute approximate surface area is 153 Å². The minimum absolute atomic E-state index is 0.186. The van der Waals surface area contributed by atoms with Crippen molar-refractivity contribution in [1.29, 1.82) is 0 Å². The first kappa shape index (κ1) is 18.6. The number of hydrogen-bond donors (Lipinski definition) is 0. The highest BCUT2D eigenvalue weighted by Gasteiger charge is 2.54. The zero-order chi connectivity index (χ0) is 18.0. The third kappa shape index (κ3) is 3.55. The molecule has 0 aromatic heterocycles. The fourth-order valence-electron chi connectivity index (χ4n) is 6.14. The molecule has 3 rings (SSSR count). The first-order chi connectivity index (χ1) is 12.0. The lowest BCUT2D eigenvalue weighted by Crippen LogP contribution is -2.43. The van der Waals surface area contributed by atoms with Crippen molar-refractivity contribution in [3.8, 4) is 0 Å². The van der Waals surface area contributed by atoms with Crippen LogP contribution in [0.3, 0.4) is 0 Å². The molecular formula is C23H34O2. The molecule has 3 aliphatic carbocycles. The number of ketones is 1. The van der Waals surface area contributed by atoms with Crippen LogP contribution >= 0.6 is 0 Å². The molecule has 2 saturated carbocycles. The lowest BCUT2D eigenvalue weighted by Gasteiger charge is -2.50. The van der Waals surface area contributed by atoms with E-state index in [1.54, 1.807) is 0 Å². The van der Waals surface area contributed by atoms with Gasteiger partial charge in [0.25, 0.3) is 0 Å². The average molecular weight is 343 g/mol. The SMILES string of the molecule is CCCCC(=O)/C=C1/C=CC2C(CC[C@@]3(C)C2CC[C@@H]3[C@H](C)C=O)C1. The quantitative estimate of drug-likeness (QED) is 0.470. The van der Waals surface area contributed by atoms with Gasteiger partial charge in [0.2, 0.25) is 0 Å². The molecule has 3 aliphatic rings. The number of fused-ring (bicyclic) bond motifs is 3.